The van der Waals surface area contributed by atoms with Crippen LogP contribution in [0.3, 0.4) is 0 Å². The summed E-state index contributed by atoms with van der Waals surface area (Å²) < 4.78 is 4.25. The maximum Gasteiger partial charge on any atom is 0.287 e. The standard InChI is InChI=1S/C33H37Cl2N13O4/c1-45-18-22(40-29(49)9-6-21-4-7-23(8-5-21)48(14-11-34)15-12-35)16-24(45)31(50)42-27-17-25(47(3)44-27)32(51)43-28-19-46(2)30(41-28)33(52)38-13-10-26(37)39-20-36/h4-9,16-19H,10-15H2,1-3H3,(H2,37,39)(H,38,52)(H,40,49)(H,43,51)(H,42,44,50)/b9-6+. The second kappa shape index (κ2) is 18.2. The molecule has 0 aliphatic heterocycles. The number of amidine groups is 1. The van der Waals surface area contributed by atoms with Crippen LogP contribution in [0.4, 0.5) is 23.0 Å². The number of nitrogens with two attached hydrogens (primary N) is 1. The number of imidazole rings is 1. The average Bonchev–Trinajstić information content (AvgIpc) is 3.78. The number of amides is 4. The molecule has 0 saturated heterocycles. The van der Waals surface area contributed by atoms with Crippen molar-refractivity contribution in [2.75, 3.05) is 52.2 Å². The van der Waals surface area contributed by atoms with Crippen LogP contribution in [0, 0.1) is 11.5 Å². The van der Waals surface area contributed by atoms with Gasteiger partial charge in [0.1, 0.15) is 17.2 Å². The number of nitriles is 1. The van der Waals surface area contributed by atoms with Crippen molar-refractivity contribution in [3.63, 3.8) is 0 Å². The fraction of sp³-hybridized carbons (Fsp3) is 0.273. The van der Waals surface area contributed by atoms with Gasteiger partial charge in [0.05, 0.1) is 5.69 Å². The summed E-state index contributed by atoms with van der Waals surface area (Å²) in [6, 6.07) is 10.5. The van der Waals surface area contributed by atoms with Crippen LogP contribution in [0.5, 0.6) is 0 Å². The Bertz CT molecular complexity index is 2020. The van der Waals surface area contributed by atoms with Crippen LogP contribution in [-0.2, 0) is 25.9 Å². The van der Waals surface area contributed by atoms with Gasteiger partial charge >= 0.3 is 0 Å². The number of anilines is 4. The van der Waals surface area contributed by atoms with Gasteiger partial charge in [-0.2, -0.15) is 15.4 Å². The van der Waals surface area contributed by atoms with Gasteiger partial charge in [0.15, 0.2) is 11.6 Å². The topological polar surface area (TPSA) is 222 Å². The van der Waals surface area contributed by atoms with Crippen molar-refractivity contribution in [3.05, 3.63) is 77.6 Å². The average molecular weight is 751 g/mol. The Kier molecular flexibility index (Phi) is 13.5. The highest BCUT2D eigenvalue weighted by Crippen LogP contribution is 2.19. The molecular formula is C33H37Cl2N13O4. The number of halogens is 2. The van der Waals surface area contributed by atoms with E-state index in [1.54, 1.807) is 37.1 Å². The Morgan fingerprint density at radius 3 is 2.27 bits per heavy atom. The molecule has 0 fully saturated rings. The van der Waals surface area contributed by atoms with Crippen molar-refractivity contribution < 1.29 is 19.2 Å². The fourth-order valence-corrected chi connectivity index (χ4v) is 5.34. The molecule has 0 aliphatic rings. The molecule has 6 N–H and O–H groups in total. The maximum atomic E-state index is 13.1. The Hall–Kier alpha value is -6.12. The summed E-state index contributed by atoms with van der Waals surface area (Å²) in [6.45, 7) is 1.47. The number of alkyl halides is 2. The molecule has 52 heavy (non-hydrogen) atoms. The highest BCUT2D eigenvalue weighted by Gasteiger charge is 2.20. The minimum Gasteiger partial charge on any atom is -0.386 e. The lowest BCUT2D eigenvalue weighted by molar-refractivity contribution is -0.111. The third-order valence-electron chi connectivity index (χ3n) is 7.43. The van der Waals surface area contributed by atoms with Gasteiger partial charge in [-0.25, -0.2) is 4.98 Å². The molecule has 0 unspecified atom stereocenters. The molecule has 0 saturated carbocycles. The zero-order valence-corrected chi connectivity index (χ0v) is 30.1. The minimum absolute atomic E-state index is 0.0253. The van der Waals surface area contributed by atoms with Crippen LogP contribution in [0.2, 0.25) is 0 Å². The second-order valence-electron chi connectivity index (χ2n) is 11.2. The molecule has 0 radical (unpaired) electrons. The van der Waals surface area contributed by atoms with Gasteiger partial charge in [-0.3, -0.25) is 23.9 Å². The van der Waals surface area contributed by atoms with E-state index in [9.17, 15) is 19.2 Å². The smallest absolute Gasteiger partial charge is 0.287 e. The van der Waals surface area contributed by atoms with Gasteiger partial charge in [-0.15, -0.1) is 23.2 Å². The number of aliphatic imine (C=N–C) groups is 1. The Labute approximate surface area is 309 Å². The molecule has 0 aliphatic carbocycles. The van der Waals surface area contributed by atoms with Crippen molar-refractivity contribution in [2.45, 2.75) is 6.42 Å². The molecule has 272 valence electrons. The highest BCUT2D eigenvalue weighted by atomic mass is 35.5. The quantitative estimate of drug-likeness (QED) is 0.0373. The molecule has 19 heteroatoms. The van der Waals surface area contributed by atoms with Crippen molar-refractivity contribution in [1.29, 1.82) is 5.26 Å². The maximum absolute atomic E-state index is 13.1. The zero-order chi connectivity index (χ0) is 37.8. The third kappa shape index (κ3) is 10.4. The van der Waals surface area contributed by atoms with Gasteiger partial charge in [-0.1, -0.05) is 12.1 Å². The van der Waals surface area contributed by atoms with E-state index in [1.807, 2.05) is 24.3 Å². The van der Waals surface area contributed by atoms with Crippen LogP contribution in [0.15, 0.2) is 59.9 Å². The molecular weight excluding hydrogens is 713 g/mol. The molecule has 4 aromatic rings. The van der Waals surface area contributed by atoms with Crippen LogP contribution in [0.25, 0.3) is 6.08 Å². The summed E-state index contributed by atoms with van der Waals surface area (Å²) in [6.07, 6.45) is 7.87. The predicted octanol–water partition coefficient (Wildman–Crippen LogP) is 2.89. The van der Waals surface area contributed by atoms with Crippen molar-refractivity contribution in [1.82, 2.24) is 29.2 Å². The van der Waals surface area contributed by atoms with E-state index in [2.05, 4.69) is 41.2 Å². The van der Waals surface area contributed by atoms with Gasteiger partial charge in [-0.05, 0) is 29.8 Å². The van der Waals surface area contributed by atoms with Gasteiger partial charge in [0.2, 0.25) is 17.9 Å². The molecule has 4 rings (SSSR count). The number of nitrogens with one attached hydrogen (secondary N) is 4. The van der Waals surface area contributed by atoms with E-state index < -0.39 is 17.7 Å². The second-order valence-corrected chi connectivity index (χ2v) is 12.0. The van der Waals surface area contributed by atoms with Crippen molar-refractivity contribution >= 4 is 81.8 Å². The molecule has 0 bridgehead atoms. The first-order valence-corrected chi connectivity index (χ1v) is 16.8. The van der Waals surface area contributed by atoms with Gasteiger partial charge in [0, 0.05) is 89.2 Å². The summed E-state index contributed by atoms with van der Waals surface area (Å²) >= 11 is 11.8. The lowest BCUT2D eigenvalue weighted by atomic mass is 10.2. The Balaban J connectivity index is 1.32. The van der Waals surface area contributed by atoms with Gasteiger partial charge in [0.25, 0.3) is 17.7 Å². The number of hydrogen-bond donors (Lipinski definition) is 5. The number of benzene rings is 1. The first-order valence-electron chi connectivity index (χ1n) is 15.7. The summed E-state index contributed by atoms with van der Waals surface area (Å²) in [5.74, 6) is -0.751. The molecule has 17 nitrogen and oxygen atoms in total. The van der Waals surface area contributed by atoms with E-state index in [0.29, 0.717) is 30.5 Å². The van der Waals surface area contributed by atoms with Crippen LogP contribution >= 0.6 is 23.2 Å². The molecule has 4 amide bonds. The first kappa shape index (κ1) is 38.7. The third-order valence-corrected chi connectivity index (χ3v) is 7.77. The highest BCUT2D eigenvalue weighted by molar-refractivity contribution is 6.18. The largest absolute Gasteiger partial charge is 0.386 e. The van der Waals surface area contributed by atoms with Crippen molar-refractivity contribution in [2.24, 2.45) is 31.9 Å². The van der Waals surface area contributed by atoms with E-state index in [4.69, 9.17) is 34.2 Å². The SMILES string of the molecule is Cn1cc(NC(=O)/C=C/c2ccc(N(CCCl)CCCl)cc2)cc1C(=O)Nc1cc(C(=O)Nc2cn(C)c(C(=O)NCCC(N)=NC#N)n2)n(C)n1. The monoisotopic (exact) mass is 749 g/mol. The van der Waals surface area contributed by atoms with E-state index in [0.717, 1.165) is 11.3 Å². The molecule has 3 heterocycles. The predicted molar refractivity (Wildman–Crippen MR) is 200 cm³/mol. The summed E-state index contributed by atoms with van der Waals surface area (Å²) in [5, 5.41) is 23.4. The number of hydrogen-bond acceptors (Lipinski definition) is 9. The Morgan fingerprint density at radius 1 is 0.923 bits per heavy atom. The number of carbonyl (C=O) groups is 4. The fourth-order valence-electron chi connectivity index (χ4n) is 4.93. The normalized spacial score (nSPS) is 11.3. The summed E-state index contributed by atoms with van der Waals surface area (Å²) in [4.78, 5) is 61.0. The number of nitrogens with zero attached hydrogens (tertiary/aromatic N) is 8. The van der Waals surface area contributed by atoms with E-state index >= 15 is 0 Å². The number of carbonyl (C=O) groups excluding carboxylic acids is 4. The molecule has 0 atom stereocenters. The molecule has 0 spiro atoms. The van der Waals surface area contributed by atoms with Crippen molar-refractivity contribution in [3.8, 4) is 6.19 Å². The van der Waals surface area contributed by atoms with Crippen LogP contribution in [0.1, 0.15) is 43.6 Å². The number of aryl methyl sites for hydroxylation is 3. The first-order chi connectivity index (χ1) is 24.9. The summed E-state index contributed by atoms with van der Waals surface area (Å²) in [7, 11) is 4.76. The lowest BCUT2D eigenvalue weighted by Crippen LogP contribution is -2.29. The molecule has 3 aromatic heterocycles. The minimum atomic E-state index is -0.589. The lowest BCUT2D eigenvalue weighted by Gasteiger charge is -2.22. The van der Waals surface area contributed by atoms with Gasteiger partial charge < -0.3 is 41.0 Å². The van der Waals surface area contributed by atoms with E-state index in [-0.39, 0.29) is 53.6 Å². The summed E-state index contributed by atoms with van der Waals surface area (Å²) in [5.41, 5.74) is 8.08. The number of aromatic nitrogens is 5. The number of rotatable bonds is 16. The Morgan fingerprint density at radius 2 is 1.60 bits per heavy atom. The van der Waals surface area contributed by atoms with Crippen LogP contribution in [-0.4, -0.2) is 84.8 Å². The van der Waals surface area contributed by atoms with E-state index in [1.165, 1.54) is 40.7 Å². The zero-order valence-electron chi connectivity index (χ0n) is 28.6. The molecule has 1 aromatic carbocycles. The van der Waals surface area contributed by atoms with Crippen LogP contribution < -0.4 is 31.9 Å².